The van der Waals surface area contributed by atoms with Gasteiger partial charge in [-0.05, 0) is 68.7 Å². The van der Waals surface area contributed by atoms with Crippen LogP contribution < -0.4 is 25.8 Å². The smallest absolute Gasteiger partial charge is 0.387 e. The lowest BCUT2D eigenvalue weighted by Crippen LogP contribution is -2.42. The predicted octanol–water partition coefficient (Wildman–Crippen LogP) is 5.03. The van der Waals surface area contributed by atoms with Crippen molar-refractivity contribution < 1.29 is 41.0 Å². The van der Waals surface area contributed by atoms with Gasteiger partial charge in [-0.15, -0.1) is 0 Å². The molecule has 2 aliphatic rings. The maximum Gasteiger partial charge on any atom is 0.387 e. The summed E-state index contributed by atoms with van der Waals surface area (Å²) in [5, 5.41) is 5.17. The van der Waals surface area contributed by atoms with Crippen molar-refractivity contribution in [2.75, 3.05) is 13.2 Å². The molecule has 0 spiro atoms. The summed E-state index contributed by atoms with van der Waals surface area (Å²) in [4.78, 5) is 30.8. The number of oxazole rings is 1. The Hall–Kier alpha value is -4.13. The number of halogens is 4. The van der Waals surface area contributed by atoms with Gasteiger partial charge in [0, 0.05) is 23.7 Å². The third-order valence-corrected chi connectivity index (χ3v) is 6.93. The number of benzene rings is 2. The Morgan fingerprint density at radius 3 is 2.45 bits per heavy atom. The van der Waals surface area contributed by atoms with Gasteiger partial charge in [0.05, 0.1) is 12.6 Å². The molecular formula is C29H30F4N4O5. The number of hydrogen-bond acceptors (Lipinski definition) is 7. The fourth-order valence-electron chi connectivity index (χ4n) is 4.25. The number of carbonyl (C=O) groups excluding carboxylic acids is 2. The van der Waals surface area contributed by atoms with Crippen molar-refractivity contribution in [3.63, 3.8) is 0 Å². The van der Waals surface area contributed by atoms with E-state index in [9.17, 15) is 27.2 Å². The Bertz CT molecular complexity index is 1460. The summed E-state index contributed by atoms with van der Waals surface area (Å²) >= 11 is 0. The van der Waals surface area contributed by atoms with Crippen molar-refractivity contribution in [1.29, 1.82) is 0 Å². The van der Waals surface area contributed by atoms with Crippen molar-refractivity contribution in [3.8, 4) is 23.0 Å². The molecule has 0 radical (unpaired) electrons. The van der Waals surface area contributed by atoms with Gasteiger partial charge in [-0.25, -0.2) is 13.8 Å². The first kappa shape index (κ1) is 29.4. The number of nitrogens with two attached hydrogens (primary N) is 1. The van der Waals surface area contributed by atoms with Crippen LogP contribution in [0.4, 0.5) is 17.6 Å². The second-order valence-corrected chi connectivity index (χ2v) is 10.6. The Labute approximate surface area is 238 Å². The maximum absolute atomic E-state index is 14.7. The minimum absolute atomic E-state index is 0.0347. The van der Waals surface area contributed by atoms with Crippen LogP contribution in [0, 0.1) is 23.5 Å². The highest BCUT2D eigenvalue weighted by Gasteiger charge is 2.32. The van der Waals surface area contributed by atoms with Gasteiger partial charge in [-0.2, -0.15) is 8.78 Å². The van der Waals surface area contributed by atoms with Crippen molar-refractivity contribution >= 4 is 11.8 Å². The van der Waals surface area contributed by atoms with Gasteiger partial charge in [-0.3, -0.25) is 9.59 Å². The number of alkyl halides is 2. The summed E-state index contributed by atoms with van der Waals surface area (Å²) in [5.74, 6) is -3.03. The number of carbonyl (C=O) groups is 2. The lowest BCUT2D eigenvalue weighted by molar-refractivity contribution is -0.123. The largest absolute Gasteiger partial charge is 0.489 e. The quantitative estimate of drug-likeness (QED) is 0.238. The zero-order chi connectivity index (χ0) is 30.0. The third kappa shape index (κ3) is 7.19. The fourth-order valence-corrected chi connectivity index (χ4v) is 4.25. The van der Waals surface area contributed by atoms with Gasteiger partial charge in [0.1, 0.15) is 17.7 Å². The molecule has 9 nitrogen and oxygen atoms in total. The summed E-state index contributed by atoms with van der Waals surface area (Å²) < 4.78 is 70.3. The molecule has 2 aliphatic carbocycles. The number of nitrogens with one attached hydrogen (secondary N) is 2. The van der Waals surface area contributed by atoms with Gasteiger partial charge in [0.2, 0.25) is 11.8 Å². The summed E-state index contributed by atoms with van der Waals surface area (Å²) in [5.41, 5.74) is 5.82. The van der Waals surface area contributed by atoms with Crippen molar-refractivity contribution in [2.24, 2.45) is 17.6 Å². The highest BCUT2D eigenvalue weighted by Crippen LogP contribution is 2.37. The van der Waals surface area contributed by atoms with E-state index in [-0.39, 0.29) is 40.0 Å². The highest BCUT2D eigenvalue weighted by atomic mass is 19.3. The minimum Gasteiger partial charge on any atom is -0.489 e. The van der Waals surface area contributed by atoms with Gasteiger partial charge in [0.25, 0.3) is 5.91 Å². The van der Waals surface area contributed by atoms with E-state index in [1.807, 2.05) is 0 Å². The number of ether oxygens (including phenoxy) is 2. The molecule has 0 aliphatic heterocycles. The Morgan fingerprint density at radius 2 is 1.81 bits per heavy atom. The van der Waals surface area contributed by atoms with Crippen molar-refractivity contribution in [3.05, 3.63) is 65.1 Å². The predicted molar refractivity (Wildman–Crippen MR) is 142 cm³/mol. The van der Waals surface area contributed by atoms with E-state index >= 15 is 0 Å². The molecule has 2 saturated carbocycles. The normalized spacial score (nSPS) is 16.2. The molecule has 5 rings (SSSR count). The molecule has 224 valence electrons. The highest BCUT2D eigenvalue weighted by molar-refractivity contribution is 5.97. The Morgan fingerprint density at radius 1 is 1.07 bits per heavy atom. The van der Waals surface area contributed by atoms with Crippen molar-refractivity contribution in [1.82, 2.24) is 15.6 Å². The lowest BCUT2D eigenvalue weighted by atomic mass is 10.0. The van der Waals surface area contributed by atoms with Gasteiger partial charge >= 0.3 is 6.61 Å². The first-order chi connectivity index (χ1) is 20.1. The lowest BCUT2D eigenvalue weighted by Gasteiger charge is -2.19. The van der Waals surface area contributed by atoms with Crippen LogP contribution in [0.1, 0.15) is 66.5 Å². The van der Waals surface area contributed by atoms with Gasteiger partial charge in [0.15, 0.2) is 23.0 Å². The molecule has 3 aromatic rings. The average molecular weight is 591 g/mol. The van der Waals surface area contributed by atoms with Crippen LogP contribution >= 0.6 is 0 Å². The topological polar surface area (TPSA) is 129 Å². The SMILES string of the molecule is C[C@H](N)c1oc(-c2ccc(OC(F)F)c(OCC3CC3)c2)nc1C(=O)NC(C(=O)NCC1CC1)c1ccc(F)cc1F. The van der Waals surface area contributed by atoms with E-state index in [2.05, 4.69) is 20.4 Å². The molecular weight excluding hydrogens is 560 g/mol. The summed E-state index contributed by atoms with van der Waals surface area (Å²) in [6.45, 7) is -0.855. The van der Waals surface area contributed by atoms with E-state index in [0.717, 1.165) is 37.8 Å². The Kier molecular flexibility index (Phi) is 8.66. The van der Waals surface area contributed by atoms with Crippen LogP contribution in [0.5, 0.6) is 11.5 Å². The zero-order valence-electron chi connectivity index (χ0n) is 22.7. The van der Waals surface area contributed by atoms with E-state index in [1.165, 1.54) is 18.2 Å². The third-order valence-electron chi connectivity index (χ3n) is 6.93. The second-order valence-electron chi connectivity index (χ2n) is 10.6. The fraction of sp³-hybridized carbons (Fsp3) is 0.414. The van der Waals surface area contributed by atoms with Crippen LogP contribution in [0.15, 0.2) is 40.8 Å². The number of amides is 2. The average Bonchev–Trinajstić information content (AvgIpc) is 3.88. The molecule has 2 amide bonds. The van der Waals surface area contributed by atoms with Crippen molar-refractivity contribution in [2.45, 2.75) is 51.3 Å². The second kappa shape index (κ2) is 12.4. The van der Waals surface area contributed by atoms with Gasteiger partial charge < -0.3 is 30.3 Å². The standard InChI is InChI=1S/C29H30F4N4O5/c1-14(34)25-24(27(39)36-23(26(38)35-12-15-2-3-15)19-8-7-18(30)11-20(19)31)37-28(42-25)17-6-9-21(41-29(32)33)22(10-17)40-13-16-4-5-16/h6-11,14-16,23,29H,2-5,12-13,34H2,1H3,(H,35,38)(H,36,39)/t14-,23?/m0/s1. The van der Waals surface area contributed by atoms with Crippen LogP contribution in [0.2, 0.25) is 0 Å². The monoisotopic (exact) mass is 590 g/mol. The molecule has 4 N–H and O–H groups in total. The number of aromatic nitrogens is 1. The molecule has 42 heavy (non-hydrogen) atoms. The molecule has 1 unspecified atom stereocenters. The van der Waals surface area contributed by atoms with E-state index < -0.39 is 42.1 Å². The van der Waals surface area contributed by atoms with E-state index in [4.69, 9.17) is 14.9 Å². The van der Waals surface area contributed by atoms with Gasteiger partial charge in [-0.1, -0.05) is 6.07 Å². The molecule has 1 heterocycles. The molecule has 1 aromatic heterocycles. The Balaban J connectivity index is 1.43. The number of rotatable bonds is 13. The molecule has 2 aromatic carbocycles. The van der Waals surface area contributed by atoms with Crippen LogP contribution in [0.25, 0.3) is 11.5 Å². The molecule has 0 bridgehead atoms. The maximum atomic E-state index is 14.7. The van der Waals surface area contributed by atoms with Crippen LogP contribution in [0.3, 0.4) is 0 Å². The summed E-state index contributed by atoms with van der Waals surface area (Å²) in [6, 6.07) is 4.43. The zero-order valence-corrected chi connectivity index (χ0v) is 22.7. The first-order valence-electron chi connectivity index (χ1n) is 13.6. The van der Waals surface area contributed by atoms with Crippen LogP contribution in [-0.2, 0) is 4.79 Å². The van der Waals surface area contributed by atoms with Crippen LogP contribution in [-0.4, -0.2) is 36.6 Å². The minimum atomic E-state index is -3.07. The molecule has 2 fully saturated rings. The molecule has 0 saturated heterocycles. The van der Waals surface area contributed by atoms with E-state index in [1.54, 1.807) is 6.92 Å². The molecule has 13 heteroatoms. The summed E-state index contributed by atoms with van der Waals surface area (Å²) in [6.07, 6.45) is 3.85. The number of nitrogens with zero attached hydrogens (tertiary/aromatic N) is 1. The first-order valence-corrected chi connectivity index (χ1v) is 13.6. The number of hydrogen-bond donors (Lipinski definition) is 3. The summed E-state index contributed by atoms with van der Waals surface area (Å²) in [7, 11) is 0. The van der Waals surface area contributed by atoms with E-state index in [0.29, 0.717) is 31.1 Å². The molecule has 2 atom stereocenters.